The maximum absolute atomic E-state index is 13.3. The van der Waals surface area contributed by atoms with E-state index in [4.69, 9.17) is 14.6 Å². The smallest absolute Gasteiger partial charge is 0.227 e. The summed E-state index contributed by atoms with van der Waals surface area (Å²) < 4.78 is 12.8. The second-order valence-corrected chi connectivity index (χ2v) is 11.2. The van der Waals surface area contributed by atoms with Crippen LogP contribution in [0.25, 0.3) is 0 Å². The monoisotopic (exact) mass is 529 g/mol. The molecule has 3 heterocycles. The summed E-state index contributed by atoms with van der Waals surface area (Å²) in [5, 5.41) is 20.2. The van der Waals surface area contributed by atoms with E-state index in [2.05, 4.69) is 53.1 Å². The molecule has 0 aromatic carbocycles. The predicted octanol–water partition coefficient (Wildman–Crippen LogP) is 2.70. The maximum Gasteiger partial charge on any atom is 0.227 e. The average molecular weight is 530 g/mol. The van der Waals surface area contributed by atoms with Crippen LogP contribution in [0.1, 0.15) is 63.1 Å². The summed E-state index contributed by atoms with van der Waals surface area (Å²) in [7, 11) is 1.73. The maximum atomic E-state index is 13.3. The van der Waals surface area contributed by atoms with Crippen molar-refractivity contribution in [2.24, 2.45) is 11.8 Å². The van der Waals surface area contributed by atoms with Crippen molar-refractivity contribution in [3.8, 4) is 0 Å². The lowest BCUT2D eigenvalue weighted by molar-refractivity contribution is -0.141. The van der Waals surface area contributed by atoms with E-state index in [1.165, 1.54) is 0 Å². The largest absolute Gasteiger partial charge is 0.385 e. The number of carbonyl (C=O) groups is 1. The molecular formula is C29H47N5O4. The Morgan fingerprint density at radius 2 is 2.08 bits per heavy atom. The first-order valence-electron chi connectivity index (χ1n) is 14.4. The highest BCUT2D eigenvalue weighted by atomic mass is 16.5. The Labute approximate surface area is 227 Å². The number of nitrogens with zero attached hydrogens (tertiary/aromatic N) is 4. The number of rotatable bonds is 12. The Bertz CT molecular complexity index is 939. The van der Waals surface area contributed by atoms with E-state index in [-0.39, 0.29) is 23.9 Å². The van der Waals surface area contributed by atoms with Crippen LogP contribution in [-0.2, 0) is 20.7 Å². The lowest BCUT2D eigenvalue weighted by Crippen LogP contribution is -2.55. The minimum Gasteiger partial charge on any atom is -0.385 e. The zero-order valence-electron chi connectivity index (χ0n) is 23.4. The second-order valence-electron chi connectivity index (χ2n) is 11.2. The number of ether oxygens (including phenoxy) is 2. The van der Waals surface area contributed by atoms with E-state index in [1.54, 1.807) is 7.11 Å². The van der Waals surface area contributed by atoms with Gasteiger partial charge in [0, 0.05) is 63.7 Å². The van der Waals surface area contributed by atoms with Gasteiger partial charge in [0.05, 0.1) is 31.4 Å². The molecule has 1 aliphatic carbocycles. The molecular weight excluding hydrogens is 482 g/mol. The zero-order chi connectivity index (χ0) is 26.9. The van der Waals surface area contributed by atoms with Crippen molar-refractivity contribution in [3.63, 3.8) is 0 Å². The quantitative estimate of drug-likeness (QED) is 0.318. The van der Waals surface area contributed by atoms with Gasteiger partial charge in [0.2, 0.25) is 5.91 Å². The number of aromatic nitrogens is 2. The number of hydrogen-bond acceptors (Lipinski definition) is 7. The molecule has 0 bridgehead atoms. The van der Waals surface area contributed by atoms with E-state index in [0.29, 0.717) is 38.8 Å². The normalized spacial score (nSPS) is 24.9. The summed E-state index contributed by atoms with van der Waals surface area (Å²) in [6, 6.07) is 0.210. The molecule has 1 aromatic heterocycles. The molecule has 4 atom stereocenters. The van der Waals surface area contributed by atoms with E-state index in [1.807, 2.05) is 11.1 Å². The SMILES string of the molecule is COCCCCc1c(C(O)N(CC(C)C)C2CNC[C@H](C(=O)N3CCOCC3)C2)cnn1C1C=CC=CC1. The number of unbranched alkanes of at least 4 members (excludes halogenated alkanes) is 1. The molecule has 9 heteroatoms. The van der Waals surface area contributed by atoms with Crippen LogP contribution in [-0.4, -0.2) is 96.3 Å². The molecule has 2 saturated heterocycles. The summed E-state index contributed by atoms with van der Waals surface area (Å²) in [6.07, 6.45) is 14.0. The van der Waals surface area contributed by atoms with Gasteiger partial charge in [-0.25, -0.2) is 0 Å². The van der Waals surface area contributed by atoms with Crippen LogP contribution in [0.3, 0.4) is 0 Å². The highest BCUT2D eigenvalue weighted by Gasteiger charge is 2.37. The molecule has 38 heavy (non-hydrogen) atoms. The first-order chi connectivity index (χ1) is 18.5. The topological polar surface area (TPSA) is 92.1 Å². The molecule has 2 fully saturated rings. The van der Waals surface area contributed by atoms with Gasteiger partial charge in [-0.05, 0) is 38.0 Å². The molecule has 3 unspecified atom stereocenters. The predicted molar refractivity (Wildman–Crippen MR) is 148 cm³/mol. The van der Waals surface area contributed by atoms with Crippen molar-refractivity contribution in [1.29, 1.82) is 0 Å². The summed E-state index contributed by atoms with van der Waals surface area (Å²) in [6.45, 7) is 9.81. The summed E-state index contributed by atoms with van der Waals surface area (Å²) in [5.74, 6) is 0.476. The number of hydrogen-bond donors (Lipinski definition) is 2. The van der Waals surface area contributed by atoms with Crippen LogP contribution >= 0.6 is 0 Å². The van der Waals surface area contributed by atoms with Crippen LogP contribution in [0.15, 0.2) is 30.5 Å². The average Bonchev–Trinajstić information content (AvgIpc) is 3.38. The number of piperidine rings is 1. The van der Waals surface area contributed by atoms with E-state index in [0.717, 1.165) is 63.1 Å². The Balaban J connectivity index is 1.55. The van der Waals surface area contributed by atoms with Gasteiger partial charge in [-0.2, -0.15) is 5.10 Å². The van der Waals surface area contributed by atoms with Gasteiger partial charge >= 0.3 is 0 Å². The first kappa shape index (κ1) is 29.0. The number of methoxy groups -OCH3 is 1. The molecule has 9 nitrogen and oxygen atoms in total. The van der Waals surface area contributed by atoms with Gasteiger partial charge in [0.1, 0.15) is 6.23 Å². The lowest BCUT2D eigenvalue weighted by atomic mass is 9.92. The van der Waals surface area contributed by atoms with E-state index < -0.39 is 6.23 Å². The molecule has 4 rings (SSSR count). The standard InChI is InChI=1S/C29H47N5O4/c1-22(2)21-33(25-17-23(18-30-19-25)28(35)32-12-15-38-16-13-32)29(36)26-20-31-34(24-9-5-4-6-10-24)27(26)11-7-8-14-37-3/h4-6,9,20,22-25,29-30,36H,7-8,10-19,21H2,1-3H3/t23-,24?,25?,29?/m1/s1. The summed E-state index contributed by atoms with van der Waals surface area (Å²) in [4.78, 5) is 17.4. The number of morpholine rings is 1. The molecule has 1 aromatic rings. The molecule has 0 saturated carbocycles. The fraction of sp³-hybridized carbons (Fsp3) is 0.724. The highest BCUT2D eigenvalue weighted by molar-refractivity contribution is 5.79. The Kier molecular flexibility index (Phi) is 11.0. The molecule has 2 N–H and O–H groups in total. The van der Waals surface area contributed by atoms with Gasteiger partial charge in [0.25, 0.3) is 0 Å². The number of aliphatic hydroxyl groups is 1. The molecule has 0 radical (unpaired) electrons. The third kappa shape index (κ3) is 7.33. The van der Waals surface area contributed by atoms with Gasteiger partial charge in [0.15, 0.2) is 0 Å². The van der Waals surface area contributed by atoms with Crippen molar-refractivity contribution in [2.45, 2.75) is 64.3 Å². The Morgan fingerprint density at radius 1 is 1.26 bits per heavy atom. The number of aliphatic hydroxyl groups excluding tert-OH is 1. The third-order valence-electron chi connectivity index (χ3n) is 7.85. The van der Waals surface area contributed by atoms with E-state index >= 15 is 0 Å². The van der Waals surface area contributed by atoms with Crippen molar-refractivity contribution >= 4 is 5.91 Å². The van der Waals surface area contributed by atoms with Crippen molar-refractivity contribution in [3.05, 3.63) is 41.8 Å². The van der Waals surface area contributed by atoms with Crippen LogP contribution in [0.2, 0.25) is 0 Å². The van der Waals surface area contributed by atoms with Crippen LogP contribution < -0.4 is 5.32 Å². The van der Waals surface area contributed by atoms with Gasteiger partial charge in [-0.15, -0.1) is 0 Å². The van der Waals surface area contributed by atoms with Gasteiger partial charge in [-0.1, -0.05) is 38.2 Å². The van der Waals surface area contributed by atoms with Crippen LogP contribution in [0.5, 0.6) is 0 Å². The first-order valence-corrected chi connectivity index (χ1v) is 14.4. The Hall–Kier alpha value is -2.04. The van der Waals surface area contributed by atoms with Crippen molar-refractivity contribution in [2.75, 3.05) is 59.7 Å². The van der Waals surface area contributed by atoms with E-state index in [9.17, 15) is 9.90 Å². The summed E-state index contributed by atoms with van der Waals surface area (Å²) in [5.41, 5.74) is 1.98. The molecule has 212 valence electrons. The molecule has 0 spiro atoms. The Morgan fingerprint density at radius 3 is 2.79 bits per heavy atom. The minimum absolute atomic E-state index is 0.0540. The highest BCUT2D eigenvalue weighted by Crippen LogP contribution is 2.32. The van der Waals surface area contributed by atoms with Crippen LogP contribution in [0, 0.1) is 11.8 Å². The molecule has 2 aliphatic heterocycles. The zero-order valence-corrected chi connectivity index (χ0v) is 23.4. The number of nitrogens with one attached hydrogen (secondary N) is 1. The van der Waals surface area contributed by atoms with Crippen molar-refractivity contribution in [1.82, 2.24) is 24.9 Å². The van der Waals surface area contributed by atoms with Gasteiger partial charge < -0.3 is 24.8 Å². The number of amides is 1. The number of allylic oxidation sites excluding steroid dienone is 4. The lowest BCUT2D eigenvalue weighted by Gasteiger charge is -2.42. The molecule has 3 aliphatic rings. The van der Waals surface area contributed by atoms with Crippen molar-refractivity contribution < 1.29 is 19.4 Å². The fourth-order valence-electron chi connectivity index (χ4n) is 5.90. The van der Waals surface area contributed by atoms with Crippen LogP contribution in [0.4, 0.5) is 0 Å². The fourth-order valence-corrected chi connectivity index (χ4v) is 5.90. The third-order valence-corrected chi connectivity index (χ3v) is 7.85. The molecule has 1 amide bonds. The van der Waals surface area contributed by atoms with Gasteiger partial charge in [-0.3, -0.25) is 14.4 Å². The summed E-state index contributed by atoms with van der Waals surface area (Å²) >= 11 is 0. The second kappa shape index (κ2) is 14.4. The minimum atomic E-state index is -0.782. The number of carbonyl (C=O) groups excluding carboxylic acids is 1.